The number of carbonyl (C=O) groups is 3. The smallest absolute Gasteiger partial charge is 0.420 e. The van der Waals surface area contributed by atoms with Gasteiger partial charge in [-0.3, -0.25) is 4.55 Å². The second-order valence-corrected chi connectivity index (χ2v) is 11.5. The van der Waals surface area contributed by atoms with E-state index in [0.717, 1.165) is 5.56 Å². The molecule has 1 aromatic rings. The molecule has 0 saturated heterocycles. The first-order valence-electron chi connectivity index (χ1n) is 11.1. The van der Waals surface area contributed by atoms with Gasteiger partial charge in [-0.2, -0.15) is 13.3 Å². The molecule has 0 aliphatic heterocycles. The monoisotopic (exact) mass is 554 g/mol. The first-order chi connectivity index (χ1) is 16.5. The van der Waals surface area contributed by atoms with Gasteiger partial charge in [0.25, 0.3) is 16.0 Å². The molecule has 0 aliphatic rings. The highest BCUT2D eigenvalue weighted by Crippen LogP contribution is 2.28. The number of carboxylic acid groups (broad SMARTS) is 1. The normalized spacial score (nSPS) is 13.1. The number of imide groups is 1. The first kappa shape index (κ1) is 34.2. The van der Waals surface area contributed by atoms with E-state index < -0.39 is 70.8 Å². The van der Waals surface area contributed by atoms with Gasteiger partial charge in [-0.25, -0.2) is 23.2 Å². The van der Waals surface area contributed by atoms with Gasteiger partial charge in [0.1, 0.15) is 17.2 Å². The standard InChI is InChI=1S/C16H28F2N2O6.C7H8O3S/c1-14(2,3)25-12(23)20(13(24)26-15(4,5)6)10(11(21)22)9-16(17,18)7-8-19;1-6-2-4-7(5-3-6)11(8,9)10/h10H,7-9,19H2,1-6H3,(H,21,22);2-5H,1H3,(H,8,9,10)/t10-;/m0./s1. The lowest BCUT2D eigenvalue weighted by Gasteiger charge is -2.32. The zero-order valence-corrected chi connectivity index (χ0v) is 22.8. The maximum absolute atomic E-state index is 13.9. The van der Waals surface area contributed by atoms with E-state index in [0.29, 0.717) is 0 Å². The van der Waals surface area contributed by atoms with E-state index >= 15 is 0 Å². The van der Waals surface area contributed by atoms with Crippen LogP contribution in [0.15, 0.2) is 29.2 Å². The zero-order valence-electron chi connectivity index (χ0n) is 21.9. The molecule has 1 rings (SSSR count). The fourth-order valence-corrected chi connectivity index (χ4v) is 3.03. The van der Waals surface area contributed by atoms with Gasteiger partial charge in [-0.05, 0) is 67.1 Å². The molecule has 1 atom stereocenters. The van der Waals surface area contributed by atoms with Gasteiger partial charge in [-0.15, -0.1) is 0 Å². The summed E-state index contributed by atoms with van der Waals surface area (Å²) in [6.45, 7) is 10.3. The molecule has 0 aliphatic carbocycles. The molecule has 1 aromatic carbocycles. The quantitative estimate of drug-likeness (QED) is 0.414. The van der Waals surface area contributed by atoms with Gasteiger partial charge in [0.15, 0.2) is 0 Å². The van der Waals surface area contributed by atoms with Crippen molar-refractivity contribution in [2.75, 3.05) is 6.54 Å². The number of aryl methyl sites for hydroxylation is 1. The van der Waals surface area contributed by atoms with E-state index in [1.165, 1.54) is 53.7 Å². The summed E-state index contributed by atoms with van der Waals surface area (Å²) in [5, 5.41) is 9.35. The number of hydrogen-bond acceptors (Lipinski definition) is 8. The van der Waals surface area contributed by atoms with Gasteiger partial charge >= 0.3 is 18.2 Å². The van der Waals surface area contributed by atoms with Crippen molar-refractivity contribution in [1.29, 1.82) is 0 Å². The van der Waals surface area contributed by atoms with Crippen LogP contribution in [0, 0.1) is 6.92 Å². The van der Waals surface area contributed by atoms with Crippen LogP contribution in [0.4, 0.5) is 18.4 Å². The average Bonchev–Trinajstić information content (AvgIpc) is 2.64. The molecule has 0 spiro atoms. The van der Waals surface area contributed by atoms with Crippen LogP contribution < -0.4 is 5.73 Å². The number of amides is 2. The van der Waals surface area contributed by atoms with E-state index in [1.54, 1.807) is 12.1 Å². The third kappa shape index (κ3) is 13.9. The van der Waals surface area contributed by atoms with E-state index in [-0.39, 0.29) is 9.80 Å². The van der Waals surface area contributed by atoms with Crippen LogP contribution in [-0.4, -0.2) is 70.8 Å². The maximum Gasteiger partial charge on any atom is 0.420 e. The number of hydrogen-bond donors (Lipinski definition) is 3. The highest BCUT2D eigenvalue weighted by atomic mass is 32.2. The number of nitrogens with two attached hydrogens (primary N) is 1. The summed E-state index contributed by atoms with van der Waals surface area (Å²) >= 11 is 0. The molecule has 0 heterocycles. The Morgan fingerprint density at radius 1 is 0.973 bits per heavy atom. The lowest BCUT2D eigenvalue weighted by molar-refractivity contribution is -0.147. The summed E-state index contributed by atoms with van der Waals surface area (Å²) in [4.78, 5) is 36.2. The summed E-state index contributed by atoms with van der Waals surface area (Å²) in [5.41, 5.74) is 3.89. The minimum Gasteiger partial charge on any atom is -0.480 e. The van der Waals surface area contributed by atoms with E-state index in [4.69, 9.17) is 19.8 Å². The maximum atomic E-state index is 13.9. The third-order valence-corrected chi connectivity index (χ3v) is 4.97. The zero-order chi connectivity index (χ0) is 29.4. The van der Waals surface area contributed by atoms with Crippen LogP contribution in [0.1, 0.15) is 59.9 Å². The molecule has 0 unspecified atom stereocenters. The number of benzene rings is 1. The van der Waals surface area contributed by atoms with Crippen LogP contribution in [0.5, 0.6) is 0 Å². The Balaban J connectivity index is 0.000000970. The fraction of sp³-hybridized carbons (Fsp3) is 0.609. The summed E-state index contributed by atoms with van der Waals surface area (Å²) < 4.78 is 67.4. The number of carbonyl (C=O) groups excluding carboxylic acids is 2. The van der Waals surface area contributed by atoms with Gasteiger partial charge in [-0.1, -0.05) is 17.7 Å². The molecule has 0 radical (unpaired) electrons. The van der Waals surface area contributed by atoms with Gasteiger partial charge in [0, 0.05) is 12.8 Å². The van der Waals surface area contributed by atoms with Crippen molar-refractivity contribution < 1.29 is 50.7 Å². The number of rotatable bonds is 7. The lowest BCUT2D eigenvalue weighted by Crippen LogP contribution is -2.53. The number of carboxylic acids is 1. The molecule has 212 valence electrons. The van der Waals surface area contributed by atoms with E-state index in [9.17, 15) is 36.7 Å². The Morgan fingerprint density at radius 2 is 1.38 bits per heavy atom. The second-order valence-electron chi connectivity index (χ2n) is 10.1. The van der Waals surface area contributed by atoms with E-state index in [2.05, 4.69) is 0 Å². The lowest BCUT2D eigenvalue weighted by atomic mass is 10.0. The number of aliphatic carboxylic acids is 1. The van der Waals surface area contributed by atoms with Crippen molar-refractivity contribution in [3.05, 3.63) is 29.8 Å². The molecule has 14 heteroatoms. The Kier molecular flexibility index (Phi) is 12.1. The highest BCUT2D eigenvalue weighted by Gasteiger charge is 2.45. The molecule has 0 aromatic heterocycles. The predicted octanol–water partition coefficient (Wildman–Crippen LogP) is 4.23. The molecular formula is C23H36F2N2O9S. The Morgan fingerprint density at radius 3 is 1.68 bits per heavy atom. The SMILES string of the molecule is CC(C)(C)OC(=O)N(C(=O)OC(C)(C)C)[C@@H](CC(F)(F)CCN)C(=O)O.Cc1ccc(S(=O)(=O)O)cc1. The number of alkyl halides is 2. The minimum absolute atomic E-state index is 0.0666. The molecule has 4 N–H and O–H groups in total. The van der Waals surface area contributed by atoms with Crippen LogP contribution in [-0.2, 0) is 24.4 Å². The van der Waals surface area contributed by atoms with E-state index in [1.807, 2.05) is 6.92 Å². The molecule has 0 fully saturated rings. The van der Waals surface area contributed by atoms with Crippen LogP contribution in [0.25, 0.3) is 0 Å². The summed E-state index contributed by atoms with van der Waals surface area (Å²) in [6.07, 6.45) is -4.88. The highest BCUT2D eigenvalue weighted by molar-refractivity contribution is 7.85. The minimum atomic E-state index is -4.02. The first-order valence-corrected chi connectivity index (χ1v) is 12.5. The average molecular weight is 555 g/mol. The number of halogens is 2. The van der Waals surface area contributed by atoms with Crippen molar-refractivity contribution in [3.63, 3.8) is 0 Å². The second kappa shape index (κ2) is 13.1. The Labute approximate surface area is 215 Å². The summed E-state index contributed by atoms with van der Waals surface area (Å²) in [7, 11) is -4.02. The van der Waals surface area contributed by atoms with Crippen molar-refractivity contribution in [2.24, 2.45) is 5.73 Å². The molecule has 0 saturated carbocycles. The van der Waals surface area contributed by atoms with Crippen LogP contribution in [0.3, 0.4) is 0 Å². The topological polar surface area (TPSA) is 174 Å². The molecule has 37 heavy (non-hydrogen) atoms. The van der Waals surface area contributed by atoms with Crippen molar-refractivity contribution in [3.8, 4) is 0 Å². The Hall–Kier alpha value is -2.84. The van der Waals surface area contributed by atoms with Crippen molar-refractivity contribution in [1.82, 2.24) is 4.90 Å². The number of ether oxygens (including phenoxy) is 2. The summed E-state index contributed by atoms with van der Waals surface area (Å²) in [5.74, 6) is -5.29. The van der Waals surface area contributed by atoms with Crippen LogP contribution in [0.2, 0.25) is 0 Å². The Bertz CT molecular complexity index is 1000. The van der Waals surface area contributed by atoms with Gasteiger partial charge in [0.2, 0.25) is 0 Å². The molecule has 2 amide bonds. The van der Waals surface area contributed by atoms with Gasteiger partial charge in [0.05, 0.1) is 4.90 Å². The van der Waals surface area contributed by atoms with Crippen LogP contribution >= 0.6 is 0 Å². The summed E-state index contributed by atoms with van der Waals surface area (Å²) in [6, 6.07) is 3.81. The molecular weight excluding hydrogens is 518 g/mol. The largest absolute Gasteiger partial charge is 0.480 e. The van der Waals surface area contributed by atoms with Crippen molar-refractivity contribution >= 4 is 28.3 Å². The molecule has 0 bridgehead atoms. The van der Waals surface area contributed by atoms with Gasteiger partial charge < -0.3 is 20.3 Å². The number of nitrogens with zero attached hydrogens (tertiary/aromatic N) is 1. The molecule has 11 nitrogen and oxygen atoms in total. The fourth-order valence-electron chi connectivity index (χ4n) is 2.55. The predicted molar refractivity (Wildman–Crippen MR) is 130 cm³/mol. The van der Waals surface area contributed by atoms with Crippen molar-refractivity contribution in [2.45, 2.75) is 89.4 Å². The third-order valence-electron chi connectivity index (χ3n) is 4.10.